The van der Waals surface area contributed by atoms with E-state index in [1.807, 2.05) is 12.1 Å². The Kier molecular flexibility index (Phi) is 3.58. The summed E-state index contributed by atoms with van der Waals surface area (Å²) in [5, 5.41) is 7.34. The molecular weight excluding hydrogens is 331 g/mol. The van der Waals surface area contributed by atoms with Crippen LogP contribution in [-0.2, 0) is 6.42 Å². The van der Waals surface area contributed by atoms with Gasteiger partial charge >= 0.3 is 0 Å². The Morgan fingerprint density at radius 3 is 2.74 bits per heavy atom. The smallest absolute Gasteiger partial charge is 0.171 e. The van der Waals surface area contributed by atoms with Gasteiger partial charge in [0, 0.05) is 21.8 Å². The van der Waals surface area contributed by atoms with Gasteiger partial charge < -0.3 is 10.6 Å². The Balaban J connectivity index is 1.91. The molecule has 1 heterocycles. The van der Waals surface area contributed by atoms with E-state index in [1.54, 1.807) is 12.1 Å². The molecule has 116 valence electrons. The second-order valence-electron chi connectivity index (χ2n) is 5.72. The lowest BCUT2D eigenvalue weighted by atomic mass is 9.83. The van der Waals surface area contributed by atoms with E-state index in [-0.39, 0.29) is 11.9 Å². The van der Waals surface area contributed by atoms with Gasteiger partial charge in [0.1, 0.15) is 5.82 Å². The summed E-state index contributed by atoms with van der Waals surface area (Å²) in [5.74, 6) is -0.314. The van der Waals surface area contributed by atoms with Crippen molar-refractivity contribution in [3.8, 4) is 0 Å². The number of fused-ring (bicyclic) bond motifs is 2. The molecule has 1 aliphatic heterocycles. The van der Waals surface area contributed by atoms with Crippen LogP contribution < -0.4 is 10.6 Å². The Labute approximate surface area is 144 Å². The van der Waals surface area contributed by atoms with Gasteiger partial charge in [0.05, 0.1) is 6.04 Å². The Hall–Kier alpha value is -1.91. The van der Waals surface area contributed by atoms with Crippen LogP contribution in [0.25, 0.3) is 5.70 Å². The van der Waals surface area contributed by atoms with Crippen molar-refractivity contribution in [2.45, 2.75) is 18.9 Å². The third-order valence-corrected chi connectivity index (χ3v) is 4.97. The second-order valence-corrected chi connectivity index (χ2v) is 6.54. The van der Waals surface area contributed by atoms with Crippen LogP contribution in [0.2, 0.25) is 5.02 Å². The van der Waals surface area contributed by atoms with Crippen LogP contribution in [0.3, 0.4) is 0 Å². The first kappa shape index (κ1) is 14.7. The maximum Gasteiger partial charge on any atom is 0.171 e. The fraction of sp³-hybridized carbons (Fsp3) is 0.167. The zero-order valence-corrected chi connectivity index (χ0v) is 13.8. The molecule has 0 fully saturated rings. The molecule has 1 unspecified atom stereocenters. The van der Waals surface area contributed by atoms with Gasteiger partial charge in [0.2, 0.25) is 0 Å². The highest BCUT2D eigenvalue weighted by Gasteiger charge is 2.33. The molecule has 1 aliphatic carbocycles. The monoisotopic (exact) mass is 344 g/mol. The van der Waals surface area contributed by atoms with Crippen LogP contribution in [0.15, 0.2) is 48.0 Å². The molecule has 0 radical (unpaired) electrons. The van der Waals surface area contributed by atoms with Crippen LogP contribution in [0.5, 0.6) is 0 Å². The van der Waals surface area contributed by atoms with Crippen molar-refractivity contribution in [2.24, 2.45) is 0 Å². The summed E-state index contributed by atoms with van der Waals surface area (Å²) in [6.45, 7) is 0. The molecule has 2 aromatic carbocycles. The molecule has 0 saturated heterocycles. The minimum atomic E-state index is -0.333. The van der Waals surface area contributed by atoms with E-state index in [9.17, 15) is 4.39 Å². The first-order valence-corrected chi connectivity index (χ1v) is 8.26. The Bertz CT molecular complexity index is 826. The molecular formula is C18H14ClFN2S. The normalized spacial score (nSPS) is 19.6. The zero-order chi connectivity index (χ0) is 16.0. The number of hydrogen-bond acceptors (Lipinski definition) is 1. The SMILES string of the molecule is Fc1cccc(Cl)c1C1NC(=S)NC2=C1CCc1ccccc12. The average molecular weight is 345 g/mol. The summed E-state index contributed by atoms with van der Waals surface area (Å²) in [6, 6.07) is 12.7. The first-order valence-electron chi connectivity index (χ1n) is 7.48. The molecule has 2 aromatic rings. The fourth-order valence-electron chi connectivity index (χ4n) is 3.39. The van der Waals surface area contributed by atoms with Crippen molar-refractivity contribution in [2.75, 3.05) is 0 Å². The molecule has 5 heteroatoms. The van der Waals surface area contributed by atoms with Crippen LogP contribution in [0.4, 0.5) is 4.39 Å². The highest BCUT2D eigenvalue weighted by molar-refractivity contribution is 7.80. The van der Waals surface area contributed by atoms with E-state index in [0.29, 0.717) is 15.7 Å². The van der Waals surface area contributed by atoms with Crippen molar-refractivity contribution in [1.29, 1.82) is 0 Å². The molecule has 0 bridgehead atoms. The molecule has 1 atom stereocenters. The Morgan fingerprint density at radius 2 is 1.91 bits per heavy atom. The van der Waals surface area contributed by atoms with Gasteiger partial charge in [-0.05, 0) is 48.3 Å². The molecule has 0 aromatic heterocycles. The molecule has 0 spiro atoms. The van der Waals surface area contributed by atoms with E-state index in [4.69, 9.17) is 23.8 Å². The molecule has 0 amide bonds. The van der Waals surface area contributed by atoms with E-state index < -0.39 is 0 Å². The summed E-state index contributed by atoms with van der Waals surface area (Å²) in [5.41, 5.74) is 4.96. The lowest BCUT2D eigenvalue weighted by Crippen LogP contribution is -2.44. The van der Waals surface area contributed by atoms with E-state index in [2.05, 4.69) is 22.8 Å². The van der Waals surface area contributed by atoms with Crippen LogP contribution >= 0.6 is 23.8 Å². The lowest BCUT2D eigenvalue weighted by Gasteiger charge is -2.36. The summed E-state index contributed by atoms with van der Waals surface area (Å²) in [4.78, 5) is 0. The molecule has 2 aliphatic rings. The minimum absolute atomic E-state index is 0.314. The molecule has 23 heavy (non-hydrogen) atoms. The first-order chi connectivity index (χ1) is 11.1. The quantitative estimate of drug-likeness (QED) is 0.752. The van der Waals surface area contributed by atoms with Crippen molar-refractivity contribution < 1.29 is 4.39 Å². The number of thiocarbonyl (C=S) groups is 1. The van der Waals surface area contributed by atoms with Gasteiger partial charge in [0.15, 0.2) is 5.11 Å². The average Bonchev–Trinajstić information content (AvgIpc) is 2.54. The van der Waals surface area contributed by atoms with E-state index in [0.717, 1.165) is 29.7 Å². The van der Waals surface area contributed by atoms with Crippen LogP contribution in [0, 0.1) is 5.82 Å². The zero-order valence-electron chi connectivity index (χ0n) is 12.2. The van der Waals surface area contributed by atoms with Crippen LogP contribution in [-0.4, -0.2) is 5.11 Å². The predicted molar refractivity (Wildman–Crippen MR) is 94.7 cm³/mol. The van der Waals surface area contributed by atoms with Gasteiger partial charge in [0.25, 0.3) is 0 Å². The Morgan fingerprint density at radius 1 is 1.09 bits per heavy atom. The summed E-state index contributed by atoms with van der Waals surface area (Å²) >= 11 is 11.6. The highest BCUT2D eigenvalue weighted by Crippen LogP contribution is 2.41. The summed E-state index contributed by atoms with van der Waals surface area (Å²) in [6.07, 6.45) is 1.76. The minimum Gasteiger partial charge on any atom is -0.352 e. The van der Waals surface area contributed by atoms with Gasteiger partial charge in [-0.1, -0.05) is 41.9 Å². The third-order valence-electron chi connectivity index (χ3n) is 4.42. The maximum absolute atomic E-state index is 14.4. The highest BCUT2D eigenvalue weighted by atomic mass is 35.5. The van der Waals surface area contributed by atoms with Crippen molar-refractivity contribution in [1.82, 2.24) is 10.6 Å². The van der Waals surface area contributed by atoms with Gasteiger partial charge in [-0.25, -0.2) is 4.39 Å². The molecule has 0 saturated carbocycles. The number of rotatable bonds is 1. The number of aryl methyl sites for hydroxylation is 1. The largest absolute Gasteiger partial charge is 0.352 e. The molecule has 2 nitrogen and oxygen atoms in total. The number of benzene rings is 2. The molecule has 2 N–H and O–H groups in total. The fourth-order valence-corrected chi connectivity index (χ4v) is 3.88. The van der Waals surface area contributed by atoms with Crippen LogP contribution in [0.1, 0.15) is 29.2 Å². The second kappa shape index (κ2) is 5.62. The van der Waals surface area contributed by atoms with E-state index >= 15 is 0 Å². The van der Waals surface area contributed by atoms with Gasteiger partial charge in [-0.3, -0.25) is 0 Å². The third kappa shape index (κ3) is 2.42. The number of hydrogen-bond donors (Lipinski definition) is 2. The van der Waals surface area contributed by atoms with Gasteiger partial charge in [-0.15, -0.1) is 0 Å². The van der Waals surface area contributed by atoms with Crippen molar-refractivity contribution in [3.63, 3.8) is 0 Å². The topological polar surface area (TPSA) is 24.1 Å². The number of halogens is 2. The molecule has 4 rings (SSSR count). The predicted octanol–water partition coefficient (Wildman–Crippen LogP) is 4.36. The van der Waals surface area contributed by atoms with E-state index in [1.165, 1.54) is 11.6 Å². The maximum atomic E-state index is 14.4. The van der Waals surface area contributed by atoms with Gasteiger partial charge in [-0.2, -0.15) is 0 Å². The van der Waals surface area contributed by atoms with Crippen molar-refractivity contribution in [3.05, 3.63) is 75.6 Å². The van der Waals surface area contributed by atoms with Crippen molar-refractivity contribution >= 4 is 34.6 Å². The lowest BCUT2D eigenvalue weighted by molar-refractivity contribution is 0.573. The summed E-state index contributed by atoms with van der Waals surface area (Å²) < 4.78 is 14.4. The summed E-state index contributed by atoms with van der Waals surface area (Å²) in [7, 11) is 0. The number of nitrogens with one attached hydrogen (secondary N) is 2. The standard InChI is InChI=1S/C18H14ClFN2S/c19-13-6-3-7-14(20)15(13)17-12-9-8-10-4-1-2-5-11(10)16(12)21-18(23)22-17/h1-7,17H,8-9H2,(H2,21,22,23).